The minimum absolute atomic E-state index is 0.213. The van der Waals surface area contributed by atoms with E-state index in [1.54, 1.807) is 26.2 Å². The number of aliphatic hydroxyl groups is 1. The van der Waals surface area contributed by atoms with E-state index in [-0.39, 0.29) is 5.82 Å². The molecule has 25 heavy (non-hydrogen) atoms. The van der Waals surface area contributed by atoms with Gasteiger partial charge in [0.15, 0.2) is 0 Å². The van der Waals surface area contributed by atoms with E-state index < -0.39 is 6.10 Å². The molecule has 0 aliphatic carbocycles. The van der Waals surface area contributed by atoms with Crippen LogP contribution in [0, 0.1) is 11.7 Å². The topological polar surface area (TPSA) is 63.4 Å². The van der Waals surface area contributed by atoms with E-state index in [2.05, 4.69) is 15.2 Å². The van der Waals surface area contributed by atoms with Crippen LogP contribution in [0.5, 0.6) is 5.75 Å². The molecule has 1 unspecified atom stereocenters. The molecular weight excluding hydrogens is 323 g/mol. The number of rotatable bonds is 6. The van der Waals surface area contributed by atoms with Crippen molar-refractivity contribution in [2.45, 2.75) is 39.0 Å². The zero-order valence-electron chi connectivity index (χ0n) is 14.7. The molecule has 0 spiro atoms. The number of ether oxygens (including phenoxy) is 1. The van der Waals surface area contributed by atoms with E-state index in [1.165, 1.54) is 6.07 Å². The highest BCUT2D eigenvalue weighted by Gasteiger charge is 2.21. The number of piperidine rings is 1. The highest BCUT2D eigenvalue weighted by atomic mass is 19.1. The third-order valence-corrected chi connectivity index (χ3v) is 4.79. The van der Waals surface area contributed by atoms with Crippen LogP contribution in [0.15, 0.2) is 24.4 Å². The molecule has 2 heterocycles. The van der Waals surface area contributed by atoms with Crippen LogP contribution >= 0.6 is 0 Å². The normalized spacial score (nSPS) is 17.6. The van der Waals surface area contributed by atoms with E-state index >= 15 is 0 Å². The molecule has 136 valence electrons. The monoisotopic (exact) mass is 348 g/mol. The SMILES string of the molecule is COc1ccc(CN2CCC(Cn3cc(C(C)O)nn3)CC2)c(F)c1. The number of methoxy groups -OCH3 is 1. The van der Waals surface area contributed by atoms with Gasteiger partial charge in [-0.1, -0.05) is 11.3 Å². The Morgan fingerprint density at radius 2 is 2.12 bits per heavy atom. The number of aliphatic hydroxyl groups excluding tert-OH is 1. The van der Waals surface area contributed by atoms with Crippen LogP contribution in [0.1, 0.15) is 37.1 Å². The summed E-state index contributed by atoms with van der Waals surface area (Å²) in [6.07, 6.45) is 3.31. The zero-order chi connectivity index (χ0) is 17.8. The van der Waals surface area contributed by atoms with E-state index in [0.717, 1.165) is 32.5 Å². The smallest absolute Gasteiger partial charge is 0.131 e. The molecule has 2 aromatic rings. The van der Waals surface area contributed by atoms with Gasteiger partial charge in [-0.25, -0.2) is 4.39 Å². The number of benzene rings is 1. The van der Waals surface area contributed by atoms with Crippen LogP contribution in [-0.2, 0) is 13.1 Å². The Morgan fingerprint density at radius 1 is 1.36 bits per heavy atom. The van der Waals surface area contributed by atoms with Crippen molar-refractivity contribution in [1.29, 1.82) is 0 Å². The first-order valence-corrected chi connectivity index (χ1v) is 8.68. The summed E-state index contributed by atoms with van der Waals surface area (Å²) in [4.78, 5) is 2.28. The van der Waals surface area contributed by atoms with Crippen LogP contribution in [0.3, 0.4) is 0 Å². The van der Waals surface area contributed by atoms with Gasteiger partial charge in [-0.05, 0) is 44.8 Å². The Balaban J connectivity index is 1.50. The van der Waals surface area contributed by atoms with Gasteiger partial charge in [-0.15, -0.1) is 5.10 Å². The summed E-state index contributed by atoms with van der Waals surface area (Å²) in [6, 6.07) is 5.04. The second kappa shape index (κ2) is 7.93. The van der Waals surface area contributed by atoms with Gasteiger partial charge >= 0.3 is 0 Å². The van der Waals surface area contributed by atoms with Crippen molar-refractivity contribution in [2.75, 3.05) is 20.2 Å². The Hall–Kier alpha value is -1.99. The fourth-order valence-electron chi connectivity index (χ4n) is 3.21. The molecule has 1 fully saturated rings. The van der Waals surface area contributed by atoms with Crippen molar-refractivity contribution < 1.29 is 14.2 Å². The third kappa shape index (κ3) is 4.55. The summed E-state index contributed by atoms with van der Waals surface area (Å²) >= 11 is 0. The third-order valence-electron chi connectivity index (χ3n) is 4.79. The molecule has 1 N–H and O–H groups in total. The summed E-state index contributed by atoms with van der Waals surface area (Å²) < 4.78 is 20.9. The first kappa shape index (κ1) is 17.8. The van der Waals surface area contributed by atoms with Gasteiger partial charge in [0.05, 0.1) is 19.4 Å². The molecule has 1 aromatic carbocycles. The lowest BCUT2D eigenvalue weighted by Crippen LogP contribution is -2.34. The fourth-order valence-corrected chi connectivity index (χ4v) is 3.21. The molecular formula is C18H25FN4O2. The molecule has 7 heteroatoms. The van der Waals surface area contributed by atoms with Gasteiger partial charge in [0, 0.05) is 24.7 Å². The van der Waals surface area contributed by atoms with Crippen LogP contribution in [0.4, 0.5) is 4.39 Å². The summed E-state index contributed by atoms with van der Waals surface area (Å²) in [5.74, 6) is 0.861. The van der Waals surface area contributed by atoms with Crippen molar-refractivity contribution in [3.63, 3.8) is 0 Å². The number of aromatic nitrogens is 3. The summed E-state index contributed by atoms with van der Waals surface area (Å²) in [5, 5.41) is 17.6. The number of halogens is 1. The molecule has 1 atom stereocenters. The van der Waals surface area contributed by atoms with Gasteiger partial charge < -0.3 is 9.84 Å². The lowest BCUT2D eigenvalue weighted by Gasteiger charge is -2.31. The minimum atomic E-state index is -0.588. The highest BCUT2D eigenvalue weighted by Crippen LogP contribution is 2.23. The summed E-state index contributed by atoms with van der Waals surface area (Å²) in [7, 11) is 1.54. The Labute approximate surface area is 147 Å². The standard InChI is InChI=1S/C18H25FN4O2/c1-13(24)18-12-23(21-20-18)10-14-5-7-22(8-6-14)11-15-3-4-16(25-2)9-17(15)19/h3-4,9,12-14,24H,5-8,10-11H2,1-2H3. The molecule has 1 aromatic heterocycles. The predicted octanol–water partition coefficient (Wildman–Crippen LogP) is 2.39. The number of hydrogen-bond donors (Lipinski definition) is 1. The van der Waals surface area contributed by atoms with E-state index in [1.807, 2.05) is 10.9 Å². The molecule has 0 saturated carbocycles. The average molecular weight is 348 g/mol. The van der Waals surface area contributed by atoms with Crippen molar-refractivity contribution in [3.8, 4) is 5.75 Å². The molecule has 1 aliphatic heterocycles. The maximum absolute atomic E-state index is 14.1. The fraction of sp³-hybridized carbons (Fsp3) is 0.556. The maximum atomic E-state index is 14.1. The largest absolute Gasteiger partial charge is 0.497 e. The first-order chi connectivity index (χ1) is 12.0. The van der Waals surface area contributed by atoms with Crippen LogP contribution < -0.4 is 4.74 Å². The quantitative estimate of drug-likeness (QED) is 0.868. The Bertz CT molecular complexity index is 696. The molecule has 1 aliphatic rings. The van der Waals surface area contributed by atoms with E-state index in [4.69, 9.17) is 4.74 Å². The van der Waals surface area contributed by atoms with Crippen molar-refractivity contribution in [1.82, 2.24) is 19.9 Å². The molecule has 6 nitrogen and oxygen atoms in total. The van der Waals surface area contributed by atoms with E-state index in [0.29, 0.717) is 29.5 Å². The van der Waals surface area contributed by atoms with Crippen molar-refractivity contribution in [3.05, 3.63) is 41.5 Å². The number of hydrogen-bond acceptors (Lipinski definition) is 5. The number of nitrogens with zero attached hydrogens (tertiary/aromatic N) is 4. The van der Waals surface area contributed by atoms with Crippen molar-refractivity contribution >= 4 is 0 Å². The highest BCUT2D eigenvalue weighted by molar-refractivity contribution is 5.28. The maximum Gasteiger partial charge on any atom is 0.131 e. The molecule has 1 saturated heterocycles. The lowest BCUT2D eigenvalue weighted by atomic mass is 9.96. The van der Waals surface area contributed by atoms with Crippen LogP contribution in [0.25, 0.3) is 0 Å². The minimum Gasteiger partial charge on any atom is -0.497 e. The molecule has 0 radical (unpaired) electrons. The molecule has 3 rings (SSSR count). The Kier molecular flexibility index (Phi) is 5.65. The lowest BCUT2D eigenvalue weighted by molar-refractivity contribution is 0.162. The van der Waals surface area contributed by atoms with E-state index in [9.17, 15) is 9.50 Å². The van der Waals surface area contributed by atoms with Gasteiger partial charge in [-0.3, -0.25) is 9.58 Å². The second-order valence-corrected chi connectivity index (χ2v) is 6.72. The second-order valence-electron chi connectivity index (χ2n) is 6.72. The van der Waals surface area contributed by atoms with Gasteiger partial charge in [0.1, 0.15) is 17.3 Å². The molecule has 0 amide bonds. The van der Waals surface area contributed by atoms with Gasteiger partial charge in [-0.2, -0.15) is 0 Å². The molecule has 0 bridgehead atoms. The Morgan fingerprint density at radius 3 is 2.72 bits per heavy atom. The first-order valence-electron chi connectivity index (χ1n) is 8.68. The average Bonchev–Trinajstić information content (AvgIpc) is 3.07. The summed E-state index contributed by atoms with van der Waals surface area (Å²) in [5.41, 5.74) is 1.31. The van der Waals surface area contributed by atoms with Crippen molar-refractivity contribution in [2.24, 2.45) is 5.92 Å². The van der Waals surface area contributed by atoms with Crippen LogP contribution in [-0.4, -0.2) is 45.2 Å². The van der Waals surface area contributed by atoms with Crippen LogP contribution in [0.2, 0.25) is 0 Å². The van der Waals surface area contributed by atoms with Gasteiger partial charge in [0.25, 0.3) is 0 Å². The number of likely N-dealkylation sites (tertiary alicyclic amines) is 1. The predicted molar refractivity (Wildman–Crippen MR) is 91.6 cm³/mol. The summed E-state index contributed by atoms with van der Waals surface area (Å²) in [6.45, 7) is 5.00. The van der Waals surface area contributed by atoms with Gasteiger partial charge in [0.2, 0.25) is 0 Å². The zero-order valence-corrected chi connectivity index (χ0v) is 14.7.